The molecule has 0 bridgehead atoms. The molecular weight excluding hydrogens is 295 g/mol. The SMILES string of the molecule is FC(F)(F)c1cccc(-n2cc(OCC3CCCN3)cn2)c1. The first-order chi connectivity index (χ1) is 10.5. The number of alkyl halides is 3. The van der Waals surface area contributed by atoms with E-state index in [-0.39, 0.29) is 0 Å². The summed E-state index contributed by atoms with van der Waals surface area (Å²) >= 11 is 0. The van der Waals surface area contributed by atoms with Crippen molar-refractivity contribution in [3.05, 3.63) is 42.2 Å². The van der Waals surface area contributed by atoms with Gasteiger partial charge in [-0.3, -0.25) is 0 Å². The highest BCUT2D eigenvalue weighted by atomic mass is 19.4. The van der Waals surface area contributed by atoms with E-state index < -0.39 is 11.7 Å². The van der Waals surface area contributed by atoms with Gasteiger partial charge in [-0.1, -0.05) is 6.07 Å². The van der Waals surface area contributed by atoms with E-state index in [2.05, 4.69) is 10.4 Å². The third-order valence-electron chi connectivity index (χ3n) is 3.61. The number of benzene rings is 1. The average molecular weight is 311 g/mol. The Morgan fingerprint density at radius 2 is 2.23 bits per heavy atom. The quantitative estimate of drug-likeness (QED) is 0.943. The molecule has 0 spiro atoms. The molecule has 22 heavy (non-hydrogen) atoms. The maximum atomic E-state index is 12.7. The summed E-state index contributed by atoms with van der Waals surface area (Å²) in [6.45, 7) is 1.53. The normalized spacial score (nSPS) is 18.6. The lowest BCUT2D eigenvalue weighted by Gasteiger charge is -2.10. The number of hydrogen-bond donors (Lipinski definition) is 1. The Hall–Kier alpha value is -2.02. The van der Waals surface area contributed by atoms with Crippen LogP contribution in [0.2, 0.25) is 0 Å². The van der Waals surface area contributed by atoms with Crippen molar-refractivity contribution in [2.75, 3.05) is 13.2 Å². The van der Waals surface area contributed by atoms with E-state index in [0.29, 0.717) is 24.1 Å². The van der Waals surface area contributed by atoms with Crippen molar-refractivity contribution in [1.29, 1.82) is 0 Å². The predicted molar refractivity (Wildman–Crippen MR) is 75.1 cm³/mol. The summed E-state index contributed by atoms with van der Waals surface area (Å²) in [7, 11) is 0. The molecule has 2 aromatic rings. The zero-order valence-electron chi connectivity index (χ0n) is 11.8. The van der Waals surface area contributed by atoms with Crippen molar-refractivity contribution < 1.29 is 17.9 Å². The van der Waals surface area contributed by atoms with Gasteiger partial charge in [0.25, 0.3) is 0 Å². The summed E-state index contributed by atoms with van der Waals surface area (Å²) in [5.74, 6) is 0.547. The maximum absolute atomic E-state index is 12.7. The van der Waals surface area contributed by atoms with E-state index in [4.69, 9.17) is 4.74 Å². The minimum absolute atomic E-state index is 0.330. The number of hydrogen-bond acceptors (Lipinski definition) is 3. The smallest absolute Gasteiger partial charge is 0.416 e. The zero-order valence-corrected chi connectivity index (χ0v) is 11.8. The Balaban J connectivity index is 1.70. The van der Waals surface area contributed by atoms with E-state index in [1.807, 2.05) is 0 Å². The monoisotopic (exact) mass is 311 g/mol. The van der Waals surface area contributed by atoms with Crippen LogP contribution >= 0.6 is 0 Å². The van der Waals surface area contributed by atoms with Crippen LogP contribution in [0.15, 0.2) is 36.7 Å². The Kier molecular flexibility index (Phi) is 4.06. The molecule has 7 heteroatoms. The topological polar surface area (TPSA) is 39.1 Å². The third-order valence-corrected chi connectivity index (χ3v) is 3.61. The first-order valence-corrected chi connectivity index (χ1v) is 7.11. The van der Waals surface area contributed by atoms with E-state index >= 15 is 0 Å². The van der Waals surface area contributed by atoms with Crippen LogP contribution in [0.1, 0.15) is 18.4 Å². The highest BCUT2D eigenvalue weighted by molar-refractivity contribution is 5.37. The molecule has 0 radical (unpaired) electrons. The van der Waals surface area contributed by atoms with Crippen molar-refractivity contribution in [1.82, 2.24) is 15.1 Å². The summed E-state index contributed by atoms with van der Waals surface area (Å²) < 4.78 is 45.2. The minimum atomic E-state index is -4.36. The van der Waals surface area contributed by atoms with Crippen LogP contribution in [-0.2, 0) is 6.18 Å². The van der Waals surface area contributed by atoms with Gasteiger partial charge in [0.1, 0.15) is 6.61 Å². The van der Waals surface area contributed by atoms with Crippen LogP contribution in [0.4, 0.5) is 13.2 Å². The molecule has 1 saturated heterocycles. The molecule has 0 saturated carbocycles. The number of nitrogens with zero attached hydrogens (tertiary/aromatic N) is 2. The minimum Gasteiger partial charge on any atom is -0.489 e. The van der Waals surface area contributed by atoms with Crippen molar-refractivity contribution in [2.24, 2.45) is 0 Å². The average Bonchev–Trinajstić information content (AvgIpc) is 3.16. The molecule has 1 atom stereocenters. The third kappa shape index (κ3) is 3.41. The molecule has 1 aromatic heterocycles. The second-order valence-corrected chi connectivity index (χ2v) is 5.27. The fraction of sp³-hybridized carbons (Fsp3) is 0.400. The van der Waals surface area contributed by atoms with Crippen LogP contribution in [0.25, 0.3) is 5.69 Å². The Labute approximate surface area is 125 Å². The van der Waals surface area contributed by atoms with E-state index in [1.165, 1.54) is 16.9 Å². The zero-order chi connectivity index (χ0) is 15.6. The largest absolute Gasteiger partial charge is 0.489 e. The standard InChI is InChI=1S/C15H16F3N3O/c16-15(17,18)11-3-1-5-13(7-11)21-9-14(8-20-21)22-10-12-4-2-6-19-12/h1,3,5,7-9,12,19H,2,4,6,10H2. The van der Waals surface area contributed by atoms with Gasteiger partial charge in [-0.2, -0.15) is 18.3 Å². The van der Waals surface area contributed by atoms with Crippen molar-refractivity contribution in [3.63, 3.8) is 0 Å². The van der Waals surface area contributed by atoms with Crippen LogP contribution < -0.4 is 10.1 Å². The highest BCUT2D eigenvalue weighted by Crippen LogP contribution is 2.30. The van der Waals surface area contributed by atoms with Crippen LogP contribution in [0.3, 0.4) is 0 Å². The molecule has 0 aliphatic carbocycles. The van der Waals surface area contributed by atoms with Gasteiger partial charge in [-0.15, -0.1) is 0 Å². The lowest BCUT2D eigenvalue weighted by molar-refractivity contribution is -0.137. The lowest BCUT2D eigenvalue weighted by atomic mass is 10.2. The van der Waals surface area contributed by atoms with Gasteiger partial charge in [-0.05, 0) is 37.6 Å². The molecule has 1 aliphatic heterocycles. The van der Waals surface area contributed by atoms with E-state index in [0.717, 1.165) is 31.5 Å². The van der Waals surface area contributed by atoms with Gasteiger partial charge in [0, 0.05) is 6.04 Å². The molecule has 1 N–H and O–H groups in total. The summed E-state index contributed by atoms with van der Waals surface area (Å²) in [5, 5.41) is 7.37. The van der Waals surface area contributed by atoms with Gasteiger partial charge in [0.05, 0.1) is 23.6 Å². The van der Waals surface area contributed by atoms with Gasteiger partial charge < -0.3 is 10.1 Å². The molecule has 3 rings (SSSR count). The molecule has 2 heterocycles. The highest BCUT2D eigenvalue weighted by Gasteiger charge is 2.30. The molecule has 1 aliphatic rings. The van der Waals surface area contributed by atoms with Crippen molar-refractivity contribution in [2.45, 2.75) is 25.1 Å². The first kappa shape index (κ1) is 14.9. The second-order valence-electron chi connectivity index (χ2n) is 5.27. The Bertz CT molecular complexity index is 633. The maximum Gasteiger partial charge on any atom is 0.416 e. The van der Waals surface area contributed by atoms with Crippen molar-refractivity contribution >= 4 is 0 Å². The Morgan fingerprint density at radius 3 is 2.95 bits per heavy atom. The molecule has 1 fully saturated rings. The number of ether oxygens (including phenoxy) is 1. The Morgan fingerprint density at radius 1 is 1.36 bits per heavy atom. The first-order valence-electron chi connectivity index (χ1n) is 7.11. The molecular formula is C15H16F3N3O. The van der Waals surface area contributed by atoms with Gasteiger partial charge in [-0.25, -0.2) is 4.68 Å². The van der Waals surface area contributed by atoms with E-state index in [9.17, 15) is 13.2 Å². The second kappa shape index (κ2) is 6.00. The lowest BCUT2D eigenvalue weighted by Crippen LogP contribution is -2.28. The summed E-state index contributed by atoms with van der Waals surface area (Å²) in [5.41, 5.74) is -0.346. The molecule has 118 valence electrons. The van der Waals surface area contributed by atoms with Gasteiger partial charge in [0.2, 0.25) is 0 Å². The predicted octanol–water partition coefficient (Wildman–Crippen LogP) is 3.02. The molecule has 0 amide bonds. The van der Waals surface area contributed by atoms with Crippen molar-refractivity contribution in [3.8, 4) is 11.4 Å². The fourth-order valence-electron chi connectivity index (χ4n) is 2.44. The summed E-state index contributed by atoms with van der Waals surface area (Å²) in [6.07, 6.45) is 0.940. The summed E-state index contributed by atoms with van der Waals surface area (Å²) in [4.78, 5) is 0. The molecule has 1 unspecified atom stereocenters. The van der Waals surface area contributed by atoms with Crippen LogP contribution in [0.5, 0.6) is 5.75 Å². The number of rotatable bonds is 4. The van der Waals surface area contributed by atoms with Gasteiger partial charge in [0.15, 0.2) is 5.75 Å². The number of halogens is 3. The molecule has 1 aromatic carbocycles. The van der Waals surface area contributed by atoms with Gasteiger partial charge >= 0.3 is 6.18 Å². The van der Waals surface area contributed by atoms with Crippen LogP contribution in [0, 0.1) is 0 Å². The number of aromatic nitrogens is 2. The summed E-state index contributed by atoms with van der Waals surface area (Å²) in [6, 6.07) is 5.37. The molecule has 4 nitrogen and oxygen atoms in total. The van der Waals surface area contributed by atoms with Crippen LogP contribution in [-0.4, -0.2) is 29.0 Å². The fourth-order valence-corrected chi connectivity index (χ4v) is 2.44. The number of nitrogens with one attached hydrogen (secondary N) is 1. The van der Waals surface area contributed by atoms with E-state index in [1.54, 1.807) is 12.3 Å².